The van der Waals surface area contributed by atoms with E-state index in [0.29, 0.717) is 11.7 Å². The second-order valence-corrected chi connectivity index (χ2v) is 4.04. The summed E-state index contributed by atoms with van der Waals surface area (Å²) in [5, 5.41) is 17.4. The molecular weight excluding hydrogens is 244 g/mol. The summed E-state index contributed by atoms with van der Waals surface area (Å²) in [5.74, 6) is -1.04. The molecule has 0 fully saturated rings. The van der Waals surface area contributed by atoms with Gasteiger partial charge in [0.05, 0.1) is 12.2 Å². The summed E-state index contributed by atoms with van der Waals surface area (Å²) in [6.07, 6.45) is 1.60. The number of halogens is 1. The van der Waals surface area contributed by atoms with Gasteiger partial charge in [-0.3, -0.25) is 9.36 Å². The fourth-order valence-electron chi connectivity index (χ4n) is 1.58. The van der Waals surface area contributed by atoms with E-state index < -0.39 is 5.97 Å². The summed E-state index contributed by atoms with van der Waals surface area (Å²) in [6, 6.07) is 1.45. The van der Waals surface area contributed by atoms with Crippen molar-refractivity contribution < 1.29 is 9.90 Å². The summed E-state index contributed by atoms with van der Waals surface area (Å²) in [6.45, 7) is 2.26. The van der Waals surface area contributed by atoms with Crippen LogP contribution in [0, 0.1) is 6.92 Å². The smallest absolute Gasteiger partial charge is 0.356 e. The van der Waals surface area contributed by atoms with Crippen LogP contribution in [0.1, 0.15) is 21.7 Å². The van der Waals surface area contributed by atoms with Crippen molar-refractivity contribution in [2.24, 2.45) is 7.05 Å². The number of aromatic carboxylic acids is 1. The molecule has 0 spiro atoms. The molecule has 2 heterocycles. The first-order valence-electron chi connectivity index (χ1n) is 4.93. The minimum Gasteiger partial charge on any atom is -0.476 e. The van der Waals surface area contributed by atoms with E-state index in [2.05, 4.69) is 10.2 Å². The molecule has 2 rings (SSSR count). The van der Waals surface area contributed by atoms with Crippen molar-refractivity contribution in [1.29, 1.82) is 0 Å². The lowest BCUT2D eigenvalue weighted by Gasteiger charge is -2.00. The van der Waals surface area contributed by atoms with Crippen molar-refractivity contribution in [3.63, 3.8) is 0 Å². The van der Waals surface area contributed by atoms with Gasteiger partial charge in [-0.25, -0.2) is 4.79 Å². The van der Waals surface area contributed by atoms with Gasteiger partial charge in [0.1, 0.15) is 5.15 Å². The molecule has 2 aromatic rings. The molecule has 7 heteroatoms. The zero-order chi connectivity index (χ0) is 12.6. The molecule has 90 valence electrons. The molecule has 0 amide bonds. The highest BCUT2D eigenvalue weighted by atomic mass is 35.5. The van der Waals surface area contributed by atoms with Crippen molar-refractivity contribution in [2.75, 3.05) is 0 Å². The molecule has 2 aromatic heterocycles. The average molecular weight is 255 g/mol. The lowest BCUT2D eigenvalue weighted by Crippen LogP contribution is -2.04. The van der Waals surface area contributed by atoms with Crippen molar-refractivity contribution in [1.82, 2.24) is 19.6 Å². The Morgan fingerprint density at radius 1 is 1.53 bits per heavy atom. The maximum absolute atomic E-state index is 10.7. The normalized spacial score (nSPS) is 10.8. The van der Waals surface area contributed by atoms with Gasteiger partial charge in [-0.15, -0.1) is 0 Å². The second kappa shape index (κ2) is 4.21. The Bertz CT molecular complexity index is 573. The van der Waals surface area contributed by atoms with Crippen LogP contribution >= 0.6 is 11.6 Å². The van der Waals surface area contributed by atoms with Gasteiger partial charge in [0.25, 0.3) is 0 Å². The third-order valence-corrected chi connectivity index (χ3v) is 2.92. The fraction of sp³-hybridized carbons (Fsp3) is 0.300. The number of carboxylic acid groups (broad SMARTS) is 1. The molecule has 6 nitrogen and oxygen atoms in total. The SMILES string of the molecule is Cc1nn(C)c(Cl)c1Cn1ccc(C(=O)O)n1. The van der Waals surface area contributed by atoms with Gasteiger partial charge in [0.15, 0.2) is 5.69 Å². The number of aromatic nitrogens is 4. The van der Waals surface area contributed by atoms with E-state index in [9.17, 15) is 4.79 Å². The highest BCUT2D eigenvalue weighted by molar-refractivity contribution is 6.30. The lowest BCUT2D eigenvalue weighted by atomic mass is 10.3. The Hall–Kier alpha value is -1.82. The first kappa shape index (κ1) is 11.7. The highest BCUT2D eigenvalue weighted by Gasteiger charge is 2.13. The molecule has 0 bridgehead atoms. The van der Waals surface area contributed by atoms with Gasteiger partial charge in [-0.2, -0.15) is 10.2 Å². The standard InChI is InChI=1S/C10H11ClN4O2/c1-6-7(9(11)14(2)12-6)5-15-4-3-8(13-15)10(16)17/h3-4H,5H2,1-2H3,(H,16,17). The largest absolute Gasteiger partial charge is 0.476 e. The van der Waals surface area contributed by atoms with E-state index in [4.69, 9.17) is 16.7 Å². The average Bonchev–Trinajstić information content (AvgIpc) is 2.80. The van der Waals surface area contributed by atoms with E-state index in [1.807, 2.05) is 6.92 Å². The Morgan fingerprint density at radius 3 is 2.71 bits per heavy atom. The van der Waals surface area contributed by atoms with Crippen LogP contribution < -0.4 is 0 Å². The maximum Gasteiger partial charge on any atom is 0.356 e. The molecule has 0 aliphatic heterocycles. The number of hydrogen-bond acceptors (Lipinski definition) is 3. The van der Waals surface area contributed by atoms with Gasteiger partial charge in [0, 0.05) is 18.8 Å². The first-order chi connectivity index (χ1) is 7.99. The monoisotopic (exact) mass is 254 g/mol. The van der Waals surface area contributed by atoms with Gasteiger partial charge in [-0.05, 0) is 13.0 Å². The van der Waals surface area contributed by atoms with Gasteiger partial charge < -0.3 is 5.11 Å². The van der Waals surface area contributed by atoms with Crippen LogP contribution in [0.15, 0.2) is 12.3 Å². The molecule has 1 N–H and O–H groups in total. The zero-order valence-corrected chi connectivity index (χ0v) is 10.1. The molecule has 0 aliphatic carbocycles. The number of hydrogen-bond donors (Lipinski definition) is 1. The molecular formula is C10H11ClN4O2. The molecule has 0 aliphatic rings. The fourth-order valence-corrected chi connectivity index (χ4v) is 1.81. The Labute approximate surface area is 102 Å². The number of rotatable bonds is 3. The van der Waals surface area contributed by atoms with Gasteiger partial charge in [0.2, 0.25) is 0 Å². The molecule has 17 heavy (non-hydrogen) atoms. The van der Waals surface area contributed by atoms with Gasteiger partial charge >= 0.3 is 5.97 Å². The van der Waals surface area contributed by atoms with Crippen LogP contribution in [0.5, 0.6) is 0 Å². The molecule has 0 atom stereocenters. The van der Waals surface area contributed by atoms with Crippen LogP contribution in [0.4, 0.5) is 0 Å². The topological polar surface area (TPSA) is 72.9 Å². The van der Waals surface area contributed by atoms with E-state index in [1.54, 1.807) is 17.9 Å². The predicted octanol–water partition coefficient (Wildman–Crippen LogP) is 1.32. The minimum atomic E-state index is -1.04. The summed E-state index contributed by atoms with van der Waals surface area (Å²) < 4.78 is 3.10. The third-order valence-electron chi connectivity index (χ3n) is 2.45. The Balaban J connectivity index is 2.28. The van der Waals surface area contributed by atoms with Crippen LogP contribution in [-0.4, -0.2) is 30.6 Å². The van der Waals surface area contributed by atoms with E-state index >= 15 is 0 Å². The van der Waals surface area contributed by atoms with Crippen molar-refractivity contribution in [3.05, 3.63) is 34.4 Å². The van der Waals surface area contributed by atoms with Crippen molar-refractivity contribution in [2.45, 2.75) is 13.5 Å². The Kier molecular flexibility index (Phi) is 2.89. The number of nitrogens with zero attached hydrogens (tertiary/aromatic N) is 4. The Morgan fingerprint density at radius 2 is 2.24 bits per heavy atom. The van der Waals surface area contributed by atoms with Gasteiger partial charge in [-0.1, -0.05) is 11.6 Å². The minimum absolute atomic E-state index is 0.0164. The lowest BCUT2D eigenvalue weighted by molar-refractivity contribution is 0.0689. The second-order valence-electron chi connectivity index (χ2n) is 3.68. The summed E-state index contributed by atoms with van der Waals surface area (Å²) in [5.41, 5.74) is 1.67. The van der Waals surface area contributed by atoms with E-state index in [0.717, 1.165) is 11.3 Å². The maximum atomic E-state index is 10.7. The van der Waals surface area contributed by atoms with Crippen molar-refractivity contribution >= 4 is 17.6 Å². The molecule has 0 unspecified atom stereocenters. The summed E-state index contributed by atoms with van der Waals surface area (Å²) in [7, 11) is 1.75. The highest BCUT2D eigenvalue weighted by Crippen LogP contribution is 2.19. The number of carboxylic acids is 1. The molecule has 0 saturated heterocycles. The third kappa shape index (κ3) is 2.16. The van der Waals surface area contributed by atoms with Crippen molar-refractivity contribution in [3.8, 4) is 0 Å². The van der Waals surface area contributed by atoms with E-state index in [1.165, 1.54) is 10.7 Å². The van der Waals surface area contributed by atoms with Crippen LogP contribution in [-0.2, 0) is 13.6 Å². The molecule has 0 radical (unpaired) electrons. The van der Waals surface area contributed by atoms with Crippen LogP contribution in [0.25, 0.3) is 0 Å². The number of aryl methyl sites for hydroxylation is 2. The first-order valence-corrected chi connectivity index (χ1v) is 5.31. The molecule has 0 saturated carbocycles. The van der Waals surface area contributed by atoms with Crippen LogP contribution in [0.2, 0.25) is 5.15 Å². The predicted molar refractivity (Wildman–Crippen MR) is 61.2 cm³/mol. The number of carbonyl (C=O) groups is 1. The molecule has 0 aromatic carbocycles. The zero-order valence-electron chi connectivity index (χ0n) is 9.38. The summed E-state index contributed by atoms with van der Waals surface area (Å²) in [4.78, 5) is 10.7. The summed E-state index contributed by atoms with van der Waals surface area (Å²) >= 11 is 6.08. The van der Waals surface area contributed by atoms with Crippen LogP contribution in [0.3, 0.4) is 0 Å². The quantitative estimate of drug-likeness (QED) is 0.897. The van der Waals surface area contributed by atoms with E-state index in [-0.39, 0.29) is 5.69 Å².